The average molecular weight is 263 g/mol. The summed E-state index contributed by atoms with van der Waals surface area (Å²) < 4.78 is 0. The van der Waals surface area contributed by atoms with Crippen LogP contribution in [0.5, 0.6) is 0 Å². The van der Waals surface area contributed by atoms with Crippen LogP contribution < -0.4 is 11.3 Å². The number of hydrazine groups is 1. The van der Waals surface area contributed by atoms with Gasteiger partial charge in [-0.15, -0.1) is 0 Å². The molecule has 3 N–H and O–H groups in total. The van der Waals surface area contributed by atoms with Crippen molar-refractivity contribution in [2.45, 2.75) is 13.3 Å². The summed E-state index contributed by atoms with van der Waals surface area (Å²) in [7, 11) is 0. The van der Waals surface area contributed by atoms with Crippen molar-refractivity contribution < 1.29 is 0 Å². The van der Waals surface area contributed by atoms with Gasteiger partial charge in [0.25, 0.3) is 0 Å². The maximum absolute atomic E-state index is 5.62. The molecule has 0 fully saturated rings. The Kier molecular flexibility index (Phi) is 3.35. The molecule has 0 spiro atoms. The van der Waals surface area contributed by atoms with Crippen LogP contribution in [0.15, 0.2) is 54.6 Å². The second-order valence-electron chi connectivity index (χ2n) is 5.00. The number of aryl methyl sites for hydroxylation is 1. The maximum atomic E-state index is 5.62. The van der Waals surface area contributed by atoms with E-state index in [0.29, 0.717) is 0 Å². The van der Waals surface area contributed by atoms with E-state index in [9.17, 15) is 0 Å². The predicted molar refractivity (Wildman–Crippen MR) is 83.5 cm³/mol. The lowest BCUT2D eigenvalue weighted by Gasteiger charge is -2.10. The van der Waals surface area contributed by atoms with E-state index in [0.717, 1.165) is 28.7 Å². The number of hydrogen-bond acceptors (Lipinski definition) is 3. The molecule has 0 aliphatic heterocycles. The van der Waals surface area contributed by atoms with Gasteiger partial charge in [0.2, 0.25) is 0 Å². The molecule has 0 saturated heterocycles. The fourth-order valence-electron chi connectivity index (χ4n) is 2.40. The number of nitrogens with two attached hydrogens (primary N) is 1. The van der Waals surface area contributed by atoms with Crippen molar-refractivity contribution in [1.29, 1.82) is 0 Å². The number of pyridine rings is 1. The van der Waals surface area contributed by atoms with Crippen molar-refractivity contribution in [2.75, 3.05) is 5.43 Å². The van der Waals surface area contributed by atoms with E-state index in [-0.39, 0.29) is 0 Å². The van der Waals surface area contributed by atoms with Gasteiger partial charge in [0.1, 0.15) is 5.82 Å². The quantitative estimate of drug-likeness (QED) is 0.562. The summed E-state index contributed by atoms with van der Waals surface area (Å²) >= 11 is 0. The number of nitrogens with one attached hydrogen (secondary N) is 1. The number of benzene rings is 2. The van der Waals surface area contributed by atoms with Crippen molar-refractivity contribution in [2.24, 2.45) is 5.84 Å². The zero-order valence-corrected chi connectivity index (χ0v) is 11.4. The molecule has 0 unspecified atom stereocenters. The summed E-state index contributed by atoms with van der Waals surface area (Å²) in [5.41, 5.74) is 7.24. The molecule has 0 amide bonds. The number of hydrogen-bond donors (Lipinski definition) is 2. The minimum atomic E-state index is 0.743. The molecule has 20 heavy (non-hydrogen) atoms. The summed E-state index contributed by atoms with van der Waals surface area (Å²) in [4.78, 5) is 4.61. The average Bonchev–Trinajstić information content (AvgIpc) is 2.48. The van der Waals surface area contributed by atoms with Crippen LogP contribution in [0.4, 0.5) is 5.82 Å². The Hall–Kier alpha value is -2.39. The Morgan fingerprint density at radius 1 is 1.05 bits per heavy atom. The second kappa shape index (κ2) is 5.31. The smallest absolute Gasteiger partial charge is 0.144 e. The molecule has 0 aliphatic rings. The van der Waals surface area contributed by atoms with Gasteiger partial charge in [0, 0.05) is 17.4 Å². The van der Waals surface area contributed by atoms with E-state index < -0.39 is 0 Å². The fourth-order valence-corrected chi connectivity index (χ4v) is 2.40. The zero-order valence-electron chi connectivity index (χ0n) is 11.4. The Bertz CT molecular complexity index is 736. The summed E-state index contributed by atoms with van der Waals surface area (Å²) in [6.07, 6.45) is 0.817. The lowest BCUT2D eigenvalue weighted by Crippen LogP contribution is -2.11. The van der Waals surface area contributed by atoms with E-state index in [1.165, 1.54) is 11.1 Å². The topological polar surface area (TPSA) is 50.9 Å². The lowest BCUT2D eigenvalue weighted by molar-refractivity contribution is 1.14. The molecule has 0 aliphatic carbocycles. The summed E-state index contributed by atoms with van der Waals surface area (Å²) in [6.45, 7) is 2.06. The van der Waals surface area contributed by atoms with Gasteiger partial charge in [-0.05, 0) is 30.2 Å². The standard InChI is InChI=1S/C17H17N3/c1-12-7-8-14-11-15(10-13-5-3-2-4-6-13)17(20-18)19-16(14)9-12/h2-9,11H,10,18H2,1H3,(H,19,20). The van der Waals surface area contributed by atoms with Crippen LogP contribution in [0.3, 0.4) is 0 Å². The first-order chi connectivity index (χ1) is 9.76. The number of rotatable bonds is 3. The normalized spacial score (nSPS) is 10.7. The van der Waals surface area contributed by atoms with Crippen LogP contribution >= 0.6 is 0 Å². The highest BCUT2D eigenvalue weighted by Gasteiger charge is 2.07. The molecule has 100 valence electrons. The van der Waals surface area contributed by atoms with Crippen molar-refractivity contribution >= 4 is 16.7 Å². The van der Waals surface area contributed by atoms with Gasteiger partial charge in [-0.1, -0.05) is 42.5 Å². The molecule has 0 bridgehead atoms. The van der Waals surface area contributed by atoms with Crippen molar-refractivity contribution in [3.63, 3.8) is 0 Å². The number of aromatic nitrogens is 1. The molecule has 0 radical (unpaired) electrons. The van der Waals surface area contributed by atoms with Crippen molar-refractivity contribution in [1.82, 2.24) is 4.98 Å². The molecule has 1 heterocycles. The van der Waals surface area contributed by atoms with E-state index in [1.54, 1.807) is 0 Å². The molecule has 3 aromatic rings. The number of nitrogens with zero attached hydrogens (tertiary/aromatic N) is 1. The Morgan fingerprint density at radius 2 is 1.85 bits per heavy atom. The SMILES string of the molecule is Cc1ccc2cc(Cc3ccccc3)c(NN)nc2c1. The summed E-state index contributed by atoms with van der Waals surface area (Å²) in [5, 5.41) is 1.14. The predicted octanol–water partition coefficient (Wildman–Crippen LogP) is 3.42. The van der Waals surface area contributed by atoms with Crippen LogP contribution in [0, 0.1) is 6.92 Å². The third-order valence-corrected chi connectivity index (χ3v) is 3.43. The summed E-state index contributed by atoms with van der Waals surface area (Å²) in [5.74, 6) is 6.36. The van der Waals surface area contributed by atoms with Gasteiger partial charge in [-0.3, -0.25) is 0 Å². The monoisotopic (exact) mass is 263 g/mol. The van der Waals surface area contributed by atoms with E-state index >= 15 is 0 Å². The Morgan fingerprint density at radius 3 is 2.60 bits per heavy atom. The van der Waals surface area contributed by atoms with E-state index in [2.05, 4.69) is 53.7 Å². The molecule has 1 aromatic heterocycles. The van der Waals surface area contributed by atoms with Crippen LogP contribution in [0.2, 0.25) is 0 Å². The van der Waals surface area contributed by atoms with E-state index in [4.69, 9.17) is 5.84 Å². The van der Waals surface area contributed by atoms with Gasteiger partial charge >= 0.3 is 0 Å². The van der Waals surface area contributed by atoms with Crippen molar-refractivity contribution in [3.8, 4) is 0 Å². The highest BCUT2D eigenvalue weighted by atomic mass is 15.2. The first kappa shape index (κ1) is 12.6. The first-order valence-corrected chi connectivity index (χ1v) is 6.67. The molecule has 3 nitrogen and oxygen atoms in total. The second-order valence-corrected chi connectivity index (χ2v) is 5.00. The molecule has 3 heteroatoms. The highest BCUT2D eigenvalue weighted by Crippen LogP contribution is 2.23. The van der Waals surface area contributed by atoms with Crippen LogP contribution in [-0.4, -0.2) is 4.98 Å². The first-order valence-electron chi connectivity index (χ1n) is 6.67. The van der Waals surface area contributed by atoms with Gasteiger partial charge in [-0.2, -0.15) is 0 Å². The Labute approximate surface area is 118 Å². The van der Waals surface area contributed by atoms with Gasteiger partial charge < -0.3 is 5.43 Å². The zero-order chi connectivity index (χ0) is 13.9. The number of anilines is 1. The lowest BCUT2D eigenvalue weighted by atomic mass is 10.0. The van der Waals surface area contributed by atoms with E-state index in [1.807, 2.05) is 18.2 Å². The maximum Gasteiger partial charge on any atom is 0.144 e. The van der Waals surface area contributed by atoms with Crippen LogP contribution in [0.25, 0.3) is 10.9 Å². The molecular weight excluding hydrogens is 246 g/mol. The number of fused-ring (bicyclic) bond motifs is 1. The minimum Gasteiger partial charge on any atom is -0.308 e. The van der Waals surface area contributed by atoms with Crippen molar-refractivity contribution in [3.05, 3.63) is 71.3 Å². The largest absolute Gasteiger partial charge is 0.308 e. The summed E-state index contributed by atoms with van der Waals surface area (Å²) in [6, 6.07) is 18.8. The van der Waals surface area contributed by atoms with Gasteiger partial charge in [0.05, 0.1) is 5.52 Å². The number of nitrogen functional groups attached to an aromatic ring is 1. The van der Waals surface area contributed by atoms with Gasteiger partial charge in [-0.25, -0.2) is 10.8 Å². The molecular formula is C17H17N3. The van der Waals surface area contributed by atoms with Gasteiger partial charge in [0.15, 0.2) is 0 Å². The molecule has 0 atom stereocenters. The fraction of sp³-hybridized carbons (Fsp3) is 0.118. The molecule has 3 rings (SSSR count). The van der Waals surface area contributed by atoms with Crippen LogP contribution in [-0.2, 0) is 6.42 Å². The third kappa shape index (κ3) is 2.49. The Balaban J connectivity index is 2.07. The van der Waals surface area contributed by atoms with Crippen LogP contribution in [0.1, 0.15) is 16.7 Å². The molecule has 0 saturated carbocycles. The highest BCUT2D eigenvalue weighted by molar-refractivity contribution is 5.82. The third-order valence-electron chi connectivity index (χ3n) is 3.43. The molecule has 2 aromatic carbocycles. The minimum absolute atomic E-state index is 0.743.